The van der Waals surface area contributed by atoms with Crippen molar-refractivity contribution in [1.82, 2.24) is 24.9 Å². The van der Waals surface area contributed by atoms with Crippen LogP contribution in [0.5, 0.6) is 0 Å². The predicted octanol–water partition coefficient (Wildman–Crippen LogP) is 2.58. The van der Waals surface area contributed by atoms with Crippen molar-refractivity contribution in [3.05, 3.63) is 51.8 Å². The van der Waals surface area contributed by atoms with Crippen LogP contribution in [0.25, 0.3) is 0 Å². The highest BCUT2D eigenvalue weighted by atomic mass is 35.5. The van der Waals surface area contributed by atoms with Gasteiger partial charge in [0, 0.05) is 69.6 Å². The molecule has 0 spiro atoms. The molecule has 0 saturated carbocycles. The number of aliphatic imine (C=N–C) groups is 1. The minimum Gasteiger partial charge on any atom is -0.352 e. The van der Waals surface area contributed by atoms with E-state index in [1.807, 2.05) is 37.0 Å². The number of nitrogens with one attached hydrogen (secondary N) is 1. The second-order valence-corrected chi connectivity index (χ2v) is 7.50. The van der Waals surface area contributed by atoms with Crippen molar-refractivity contribution in [3.8, 4) is 0 Å². The van der Waals surface area contributed by atoms with E-state index in [1.54, 1.807) is 0 Å². The van der Waals surface area contributed by atoms with Crippen molar-refractivity contribution < 1.29 is 0 Å². The fourth-order valence-electron chi connectivity index (χ4n) is 3.58. The van der Waals surface area contributed by atoms with Crippen molar-refractivity contribution in [2.24, 2.45) is 12.0 Å². The van der Waals surface area contributed by atoms with Gasteiger partial charge in [0.1, 0.15) is 0 Å². The lowest BCUT2D eigenvalue weighted by Gasteiger charge is -2.36. The molecule has 1 N–H and O–H groups in total. The number of nitrogens with zero attached hydrogens (tertiary/aromatic N) is 5. The molecule has 2 heterocycles. The van der Waals surface area contributed by atoms with E-state index in [0.29, 0.717) is 0 Å². The van der Waals surface area contributed by atoms with Gasteiger partial charge < -0.3 is 10.2 Å². The molecule has 146 valence electrons. The van der Waals surface area contributed by atoms with Gasteiger partial charge >= 0.3 is 0 Å². The molecular weight excluding hydrogens is 360 g/mol. The molecule has 3 rings (SSSR count). The quantitative estimate of drug-likeness (QED) is 0.646. The van der Waals surface area contributed by atoms with Crippen LogP contribution in [0.15, 0.2) is 29.3 Å². The van der Waals surface area contributed by atoms with Crippen LogP contribution in [-0.4, -0.2) is 58.8 Å². The standard InChI is InChI=1S/C20H29ClN6/c1-15-19(16(2)25(4)24-15)13-23-20(22-3)27-10-8-26(9-11-27)14-17-6-5-7-18(21)12-17/h5-7,12H,8-11,13-14H2,1-4H3,(H,22,23). The topological polar surface area (TPSA) is 48.7 Å². The van der Waals surface area contributed by atoms with Gasteiger partial charge in [-0.15, -0.1) is 0 Å². The number of piperazine rings is 1. The summed E-state index contributed by atoms with van der Waals surface area (Å²) in [6, 6.07) is 8.12. The van der Waals surface area contributed by atoms with Crippen LogP contribution in [0.4, 0.5) is 0 Å². The van der Waals surface area contributed by atoms with Crippen molar-refractivity contribution in [1.29, 1.82) is 0 Å². The van der Waals surface area contributed by atoms with E-state index >= 15 is 0 Å². The summed E-state index contributed by atoms with van der Waals surface area (Å²) in [5, 5.41) is 8.80. The Morgan fingerprint density at radius 1 is 1.22 bits per heavy atom. The van der Waals surface area contributed by atoms with Gasteiger partial charge in [-0.2, -0.15) is 5.10 Å². The number of aryl methyl sites for hydroxylation is 2. The Kier molecular flexibility index (Phi) is 6.39. The fraction of sp³-hybridized carbons (Fsp3) is 0.500. The van der Waals surface area contributed by atoms with Crippen LogP contribution in [0.3, 0.4) is 0 Å². The minimum atomic E-state index is 0.751. The molecule has 0 radical (unpaired) electrons. The molecule has 7 heteroatoms. The summed E-state index contributed by atoms with van der Waals surface area (Å²) in [5.74, 6) is 0.958. The molecule has 0 unspecified atom stereocenters. The highest BCUT2D eigenvalue weighted by Gasteiger charge is 2.20. The largest absolute Gasteiger partial charge is 0.352 e. The van der Waals surface area contributed by atoms with Gasteiger partial charge in [-0.3, -0.25) is 14.6 Å². The molecule has 27 heavy (non-hydrogen) atoms. The zero-order chi connectivity index (χ0) is 19.4. The Bertz CT molecular complexity index is 805. The lowest BCUT2D eigenvalue weighted by molar-refractivity contribution is 0.172. The molecule has 1 aliphatic rings. The van der Waals surface area contributed by atoms with Crippen molar-refractivity contribution in [3.63, 3.8) is 0 Å². The minimum absolute atomic E-state index is 0.751. The first kappa shape index (κ1) is 19.7. The Morgan fingerprint density at radius 3 is 2.56 bits per heavy atom. The zero-order valence-electron chi connectivity index (χ0n) is 16.7. The lowest BCUT2D eigenvalue weighted by atomic mass is 10.2. The average Bonchev–Trinajstić information content (AvgIpc) is 2.89. The second kappa shape index (κ2) is 8.76. The van der Waals surface area contributed by atoms with Gasteiger partial charge in [-0.05, 0) is 31.5 Å². The normalized spacial score (nSPS) is 16.0. The summed E-state index contributed by atoms with van der Waals surface area (Å²) in [5.41, 5.74) is 4.78. The summed E-state index contributed by atoms with van der Waals surface area (Å²) < 4.78 is 1.93. The van der Waals surface area contributed by atoms with Gasteiger partial charge in [0.05, 0.1) is 5.69 Å². The molecule has 2 aromatic rings. The fourth-order valence-corrected chi connectivity index (χ4v) is 3.80. The van der Waals surface area contributed by atoms with Crippen LogP contribution in [0.1, 0.15) is 22.5 Å². The first-order valence-corrected chi connectivity index (χ1v) is 9.77. The second-order valence-electron chi connectivity index (χ2n) is 7.07. The Morgan fingerprint density at radius 2 is 1.96 bits per heavy atom. The predicted molar refractivity (Wildman–Crippen MR) is 111 cm³/mol. The molecule has 1 saturated heterocycles. The summed E-state index contributed by atoms with van der Waals surface area (Å²) in [4.78, 5) is 9.27. The van der Waals surface area contributed by atoms with E-state index in [2.05, 4.69) is 45.1 Å². The molecule has 0 atom stereocenters. The highest BCUT2D eigenvalue weighted by Crippen LogP contribution is 2.15. The lowest BCUT2D eigenvalue weighted by Crippen LogP contribution is -2.52. The van der Waals surface area contributed by atoms with Crippen LogP contribution >= 0.6 is 11.6 Å². The van der Waals surface area contributed by atoms with E-state index in [9.17, 15) is 0 Å². The number of hydrogen-bond donors (Lipinski definition) is 1. The van der Waals surface area contributed by atoms with Crippen molar-refractivity contribution >= 4 is 17.6 Å². The average molecular weight is 389 g/mol. The summed E-state index contributed by atoms with van der Waals surface area (Å²) in [6.07, 6.45) is 0. The molecule has 1 fully saturated rings. The SMILES string of the molecule is CN=C(NCc1c(C)nn(C)c1C)N1CCN(Cc2cccc(Cl)c2)CC1. The van der Waals surface area contributed by atoms with E-state index in [-0.39, 0.29) is 0 Å². The zero-order valence-corrected chi connectivity index (χ0v) is 17.4. The first-order chi connectivity index (χ1) is 13.0. The van der Waals surface area contributed by atoms with Gasteiger partial charge in [0.2, 0.25) is 0 Å². The number of aromatic nitrogens is 2. The van der Waals surface area contributed by atoms with E-state index in [0.717, 1.165) is 55.9 Å². The highest BCUT2D eigenvalue weighted by molar-refractivity contribution is 6.30. The maximum atomic E-state index is 6.10. The third kappa shape index (κ3) is 4.82. The summed E-state index contributed by atoms with van der Waals surface area (Å²) >= 11 is 6.10. The molecule has 1 aromatic heterocycles. The number of benzene rings is 1. The van der Waals surface area contributed by atoms with E-state index < -0.39 is 0 Å². The van der Waals surface area contributed by atoms with E-state index in [4.69, 9.17) is 11.6 Å². The third-order valence-corrected chi connectivity index (χ3v) is 5.50. The molecular formula is C20H29ClN6. The van der Waals surface area contributed by atoms with Crippen LogP contribution in [0.2, 0.25) is 5.02 Å². The van der Waals surface area contributed by atoms with Gasteiger partial charge in [0.25, 0.3) is 0 Å². The van der Waals surface area contributed by atoms with Crippen molar-refractivity contribution in [2.45, 2.75) is 26.9 Å². The Balaban J connectivity index is 1.53. The van der Waals surface area contributed by atoms with Crippen LogP contribution in [0, 0.1) is 13.8 Å². The molecule has 0 aliphatic carbocycles. The summed E-state index contributed by atoms with van der Waals surface area (Å²) in [7, 11) is 3.84. The van der Waals surface area contributed by atoms with Crippen molar-refractivity contribution in [2.75, 3.05) is 33.2 Å². The number of halogens is 1. The van der Waals surface area contributed by atoms with Gasteiger partial charge in [0.15, 0.2) is 5.96 Å². The maximum Gasteiger partial charge on any atom is 0.194 e. The van der Waals surface area contributed by atoms with Crippen LogP contribution in [-0.2, 0) is 20.1 Å². The number of hydrogen-bond acceptors (Lipinski definition) is 3. The smallest absolute Gasteiger partial charge is 0.194 e. The van der Waals surface area contributed by atoms with Gasteiger partial charge in [-0.1, -0.05) is 23.7 Å². The molecule has 1 aliphatic heterocycles. The molecule has 6 nitrogen and oxygen atoms in total. The van der Waals surface area contributed by atoms with E-state index in [1.165, 1.54) is 16.8 Å². The third-order valence-electron chi connectivity index (χ3n) is 5.26. The number of rotatable bonds is 4. The molecule has 1 aromatic carbocycles. The molecule has 0 amide bonds. The Labute approximate surface area is 166 Å². The Hall–Kier alpha value is -2.05. The van der Waals surface area contributed by atoms with Gasteiger partial charge in [-0.25, -0.2) is 0 Å². The monoisotopic (exact) mass is 388 g/mol. The first-order valence-electron chi connectivity index (χ1n) is 9.39. The maximum absolute atomic E-state index is 6.10. The van der Waals surface area contributed by atoms with Crippen LogP contribution < -0.4 is 5.32 Å². The summed E-state index contributed by atoms with van der Waals surface area (Å²) in [6.45, 7) is 9.80. The molecule has 0 bridgehead atoms. The number of guanidine groups is 1.